The normalized spacial score (nSPS) is 10.4. The average molecular weight is 475 g/mol. The van der Waals surface area contributed by atoms with Gasteiger partial charge < -0.3 is 20.1 Å². The molecule has 0 radical (unpaired) electrons. The van der Waals surface area contributed by atoms with Gasteiger partial charge in [-0.1, -0.05) is 36.4 Å². The number of nitrogens with zero attached hydrogens (tertiary/aromatic N) is 1. The molecule has 0 aliphatic heterocycles. The zero-order valence-corrected chi connectivity index (χ0v) is 19.2. The number of benzene rings is 3. The second kappa shape index (κ2) is 13.1. The highest BCUT2D eigenvalue weighted by atomic mass is 16.5. The third-order valence-corrected chi connectivity index (χ3v) is 4.74. The Bertz CT molecular complexity index is 1160. The molecule has 3 aromatic carbocycles. The summed E-state index contributed by atoms with van der Waals surface area (Å²) in [4.78, 5) is 35.8. The van der Waals surface area contributed by atoms with E-state index < -0.39 is 11.8 Å². The van der Waals surface area contributed by atoms with Crippen molar-refractivity contribution in [2.45, 2.75) is 6.42 Å². The highest BCUT2D eigenvalue weighted by molar-refractivity contribution is 6.39. The van der Waals surface area contributed by atoms with Gasteiger partial charge in [0.25, 0.3) is 5.91 Å². The summed E-state index contributed by atoms with van der Waals surface area (Å²) in [5.74, 6) is -0.913. The molecule has 35 heavy (non-hydrogen) atoms. The number of anilines is 1. The van der Waals surface area contributed by atoms with E-state index in [2.05, 4.69) is 21.2 Å². The Morgan fingerprint density at radius 1 is 0.886 bits per heavy atom. The van der Waals surface area contributed by atoms with Crippen LogP contribution in [0.2, 0.25) is 0 Å². The van der Waals surface area contributed by atoms with Crippen LogP contribution in [0, 0.1) is 0 Å². The molecule has 9 nitrogen and oxygen atoms in total. The number of hydrogen-bond acceptors (Lipinski definition) is 6. The van der Waals surface area contributed by atoms with Crippen LogP contribution in [-0.4, -0.2) is 44.2 Å². The van der Waals surface area contributed by atoms with Crippen LogP contribution in [0.15, 0.2) is 84.0 Å². The minimum atomic E-state index is -0.915. The monoisotopic (exact) mass is 474 g/mol. The first-order valence-electron chi connectivity index (χ1n) is 10.9. The summed E-state index contributed by atoms with van der Waals surface area (Å²) in [6.45, 7) is 0.436. The lowest BCUT2D eigenvalue weighted by Gasteiger charge is -2.08. The van der Waals surface area contributed by atoms with Gasteiger partial charge in [0.05, 0.1) is 13.3 Å². The number of carbonyl (C=O) groups is 3. The predicted molar refractivity (Wildman–Crippen MR) is 132 cm³/mol. The third-order valence-electron chi connectivity index (χ3n) is 4.74. The molecule has 0 aromatic heterocycles. The summed E-state index contributed by atoms with van der Waals surface area (Å²) in [5.41, 5.74) is 4.41. The molecule has 0 atom stereocenters. The molecule has 3 aromatic rings. The smallest absolute Gasteiger partial charge is 0.329 e. The van der Waals surface area contributed by atoms with E-state index in [4.69, 9.17) is 9.47 Å². The summed E-state index contributed by atoms with van der Waals surface area (Å²) in [6, 6.07) is 23.3. The maximum absolute atomic E-state index is 12.0. The average Bonchev–Trinajstić information content (AvgIpc) is 2.89. The highest BCUT2D eigenvalue weighted by Crippen LogP contribution is 2.16. The van der Waals surface area contributed by atoms with E-state index in [1.165, 1.54) is 13.3 Å². The third kappa shape index (κ3) is 8.65. The van der Waals surface area contributed by atoms with Crippen molar-refractivity contribution in [3.8, 4) is 11.5 Å². The van der Waals surface area contributed by atoms with Crippen molar-refractivity contribution in [3.63, 3.8) is 0 Å². The van der Waals surface area contributed by atoms with Crippen LogP contribution in [0.1, 0.15) is 11.1 Å². The van der Waals surface area contributed by atoms with Crippen LogP contribution >= 0.6 is 0 Å². The van der Waals surface area contributed by atoms with E-state index in [1.54, 1.807) is 48.5 Å². The molecule has 3 amide bonds. The lowest BCUT2D eigenvalue weighted by molar-refractivity contribution is -0.136. The van der Waals surface area contributed by atoms with Crippen LogP contribution in [0.3, 0.4) is 0 Å². The van der Waals surface area contributed by atoms with Gasteiger partial charge in [0, 0.05) is 18.3 Å². The fraction of sp³-hybridized carbons (Fsp3) is 0.154. The second-order valence-electron chi connectivity index (χ2n) is 7.33. The molecular weight excluding hydrogens is 448 g/mol. The van der Waals surface area contributed by atoms with Gasteiger partial charge in [-0.05, 0) is 53.9 Å². The molecule has 0 saturated carbocycles. The quantitative estimate of drug-likeness (QED) is 0.237. The lowest BCUT2D eigenvalue weighted by atomic mass is 10.1. The Morgan fingerprint density at radius 3 is 2.40 bits per heavy atom. The van der Waals surface area contributed by atoms with Crippen molar-refractivity contribution in [2.24, 2.45) is 5.10 Å². The molecule has 0 saturated heterocycles. The summed E-state index contributed by atoms with van der Waals surface area (Å²) in [6.07, 6.45) is 2.14. The summed E-state index contributed by atoms with van der Waals surface area (Å²) >= 11 is 0. The summed E-state index contributed by atoms with van der Waals surface area (Å²) in [5, 5.41) is 9.07. The van der Waals surface area contributed by atoms with Crippen LogP contribution in [0.5, 0.6) is 11.5 Å². The Morgan fingerprint density at radius 2 is 1.66 bits per heavy atom. The molecule has 0 unspecified atom stereocenters. The molecule has 0 heterocycles. The number of amides is 3. The van der Waals surface area contributed by atoms with E-state index in [0.29, 0.717) is 29.3 Å². The van der Waals surface area contributed by atoms with E-state index >= 15 is 0 Å². The zero-order valence-electron chi connectivity index (χ0n) is 19.2. The molecule has 3 N–H and O–H groups in total. The minimum absolute atomic E-state index is 0.0965. The van der Waals surface area contributed by atoms with Gasteiger partial charge in [-0.15, -0.1) is 0 Å². The zero-order chi connectivity index (χ0) is 24.9. The van der Waals surface area contributed by atoms with Gasteiger partial charge in [-0.3, -0.25) is 14.4 Å². The molecule has 0 bridgehead atoms. The van der Waals surface area contributed by atoms with Gasteiger partial charge >= 0.3 is 11.8 Å². The van der Waals surface area contributed by atoms with Crippen molar-refractivity contribution in [2.75, 3.05) is 25.6 Å². The van der Waals surface area contributed by atoms with E-state index in [9.17, 15) is 14.4 Å². The SMILES string of the molecule is COc1cccc(NC(=O)C(=O)N/N=C\c2ccc(OCC(=O)NCCc3ccccc3)cc2)c1. The first-order chi connectivity index (χ1) is 17.0. The van der Waals surface area contributed by atoms with Gasteiger partial charge in [0.1, 0.15) is 11.5 Å². The number of hydrogen-bond donors (Lipinski definition) is 3. The maximum atomic E-state index is 12.0. The van der Waals surface area contributed by atoms with Crippen LogP contribution in [-0.2, 0) is 20.8 Å². The van der Waals surface area contributed by atoms with Gasteiger partial charge in [-0.25, -0.2) is 5.43 Å². The van der Waals surface area contributed by atoms with Crippen LogP contribution in [0.4, 0.5) is 5.69 Å². The number of hydrazone groups is 1. The van der Waals surface area contributed by atoms with Crippen molar-refractivity contribution in [1.29, 1.82) is 0 Å². The van der Waals surface area contributed by atoms with Gasteiger partial charge in [0.2, 0.25) is 0 Å². The molecule has 0 aliphatic rings. The molecule has 0 spiro atoms. The summed E-state index contributed by atoms with van der Waals surface area (Å²) < 4.78 is 10.6. The Balaban J connectivity index is 1.37. The molecule has 0 fully saturated rings. The van der Waals surface area contributed by atoms with Crippen molar-refractivity contribution < 1.29 is 23.9 Å². The fourth-order valence-electron chi connectivity index (χ4n) is 2.95. The fourth-order valence-corrected chi connectivity index (χ4v) is 2.95. The first-order valence-corrected chi connectivity index (χ1v) is 10.9. The van der Waals surface area contributed by atoms with Crippen molar-refractivity contribution in [1.82, 2.24) is 10.7 Å². The lowest BCUT2D eigenvalue weighted by Crippen LogP contribution is -2.32. The standard InChI is InChI=1S/C26H26N4O5/c1-34-23-9-5-8-21(16-23)29-25(32)26(33)30-28-17-20-10-12-22(13-11-20)35-18-24(31)27-15-14-19-6-3-2-4-7-19/h2-13,16-17H,14-15,18H2,1H3,(H,27,31)(H,29,32)(H,30,33)/b28-17-. The minimum Gasteiger partial charge on any atom is -0.497 e. The topological polar surface area (TPSA) is 118 Å². The number of methoxy groups -OCH3 is 1. The Labute approximate surface area is 203 Å². The van der Waals surface area contributed by atoms with Crippen LogP contribution in [0.25, 0.3) is 0 Å². The van der Waals surface area contributed by atoms with Crippen molar-refractivity contribution in [3.05, 3.63) is 90.0 Å². The second-order valence-corrected chi connectivity index (χ2v) is 7.33. The molecular formula is C26H26N4O5. The Kier molecular flexibility index (Phi) is 9.38. The van der Waals surface area contributed by atoms with Gasteiger partial charge in [-0.2, -0.15) is 5.10 Å². The highest BCUT2D eigenvalue weighted by Gasteiger charge is 2.13. The maximum Gasteiger partial charge on any atom is 0.329 e. The number of ether oxygens (including phenoxy) is 2. The number of rotatable bonds is 10. The van der Waals surface area contributed by atoms with Crippen molar-refractivity contribution >= 4 is 29.6 Å². The predicted octanol–water partition coefficient (Wildman–Crippen LogP) is 2.52. The molecule has 0 aliphatic carbocycles. The largest absolute Gasteiger partial charge is 0.497 e. The van der Waals surface area contributed by atoms with Crippen LogP contribution < -0.4 is 25.5 Å². The molecule has 180 valence electrons. The van der Waals surface area contributed by atoms with E-state index in [-0.39, 0.29) is 12.5 Å². The Hall–Kier alpha value is -4.66. The summed E-state index contributed by atoms with van der Waals surface area (Å²) in [7, 11) is 1.51. The number of carbonyl (C=O) groups excluding carboxylic acids is 3. The first kappa shape index (κ1) is 25.0. The van der Waals surface area contributed by atoms with E-state index in [1.807, 2.05) is 30.3 Å². The van der Waals surface area contributed by atoms with E-state index in [0.717, 1.165) is 12.0 Å². The molecule has 9 heteroatoms. The molecule has 3 rings (SSSR count). The van der Waals surface area contributed by atoms with Gasteiger partial charge in [0.15, 0.2) is 6.61 Å². The number of nitrogens with one attached hydrogen (secondary N) is 3.